The van der Waals surface area contributed by atoms with E-state index in [9.17, 15) is 4.55 Å². The molecule has 0 amide bonds. The van der Waals surface area contributed by atoms with Crippen molar-refractivity contribution < 1.29 is 4.55 Å². The van der Waals surface area contributed by atoms with Gasteiger partial charge in [-0.1, -0.05) is 18.1 Å². The minimum absolute atomic E-state index is 0.631. The Kier molecular flexibility index (Phi) is 6.17. The number of hydrogen-bond donors (Lipinski definition) is 0. The van der Waals surface area contributed by atoms with Crippen LogP contribution in [0.25, 0.3) is 0 Å². The normalized spacial score (nSPS) is 14.1. The van der Waals surface area contributed by atoms with Crippen LogP contribution in [0.15, 0.2) is 0 Å². The van der Waals surface area contributed by atoms with E-state index in [-0.39, 0.29) is 0 Å². The highest BCUT2D eigenvalue weighted by molar-refractivity contribution is 7.90. The molecule has 0 spiro atoms. The molecule has 10 heavy (non-hydrogen) atoms. The summed E-state index contributed by atoms with van der Waals surface area (Å²) in [5, 5.41) is 0. The molecule has 62 valence electrons. The van der Waals surface area contributed by atoms with Crippen molar-refractivity contribution in [2.24, 2.45) is 0 Å². The van der Waals surface area contributed by atoms with E-state index in [1.807, 2.05) is 0 Å². The quantitative estimate of drug-likeness (QED) is 0.558. The summed E-state index contributed by atoms with van der Waals surface area (Å²) in [6.07, 6.45) is 2.92. The number of nitrogens with zero attached hydrogens (tertiary/aromatic N) is 1. The summed E-state index contributed by atoms with van der Waals surface area (Å²) in [5.74, 6) is 0.802. The fourth-order valence-electron chi connectivity index (χ4n) is 0.778. The van der Waals surface area contributed by atoms with E-state index in [1.165, 1.54) is 6.42 Å². The molecule has 1 atom stereocenters. The molecule has 0 fully saturated rings. The van der Waals surface area contributed by atoms with Crippen LogP contribution >= 0.6 is 0 Å². The van der Waals surface area contributed by atoms with Crippen molar-refractivity contribution in [3.05, 3.63) is 0 Å². The fraction of sp³-hybridized carbons (Fsp3) is 1.00. The van der Waals surface area contributed by atoms with Crippen LogP contribution in [0.2, 0.25) is 0 Å². The Morgan fingerprint density at radius 1 is 1.40 bits per heavy atom. The lowest BCUT2D eigenvalue weighted by atomic mass is 10.4. The van der Waals surface area contributed by atoms with Crippen molar-refractivity contribution in [1.29, 1.82) is 0 Å². The third-order valence-corrected chi connectivity index (χ3v) is 2.12. The molecule has 0 rings (SSSR count). The molecule has 0 aliphatic rings. The average molecular weight is 163 g/mol. The first-order valence-corrected chi connectivity index (χ1v) is 5.38. The number of rotatable bonds is 5. The van der Waals surface area contributed by atoms with E-state index in [1.54, 1.807) is 6.26 Å². The van der Waals surface area contributed by atoms with E-state index in [0.29, 0.717) is 0 Å². The van der Waals surface area contributed by atoms with Crippen LogP contribution in [0.3, 0.4) is 0 Å². The molecule has 3 heteroatoms. The van der Waals surface area contributed by atoms with Crippen LogP contribution in [0.1, 0.15) is 13.3 Å². The topological polar surface area (TPSA) is 26.3 Å². The second kappa shape index (κ2) is 6.01. The zero-order chi connectivity index (χ0) is 7.98. The molecule has 0 bridgehead atoms. The van der Waals surface area contributed by atoms with Crippen LogP contribution in [-0.2, 0) is 11.2 Å². The molecule has 0 aliphatic heterocycles. The molecule has 0 aliphatic carbocycles. The summed E-state index contributed by atoms with van der Waals surface area (Å²) in [6.45, 7) is 4.22. The smallest absolute Gasteiger partial charge is 0.117 e. The Morgan fingerprint density at radius 3 is 2.40 bits per heavy atom. The lowest BCUT2D eigenvalue weighted by molar-refractivity contribution is 0.354. The monoisotopic (exact) mass is 163 g/mol. The zero-order valence-corrected chi connectivity index (χ0v) is 7.91. The van der Waals surface area contributed by atoms with Crippen molar-refractivity contribution in [3.63, 3.8) is 0 Å². The van der Waals surface area contributed by atoms with Gasteiger partial charge < -0.3 is 9.45 Å². The Hall–Kier alpha value is 0.270. The van der Waals surface area contributed by atoms with Crippen LogP contribution in [0.5, 0.6) is 0 Å². The molecule has 2 nitrogen and oxygen atoms in total. The minimum Gasteiger partial charge on any atom is -0.617 e. The van der Waals surface area contributed by atoms with Crippen molar-refractivity contribution >= 4 is 11.2 Å². The Bertz CT molecular complexity index is 78.0. The third kappa shape index (κ3) is 6.39. The maximum absolute atomic E-state index is 10.6. The first-order valence-electron chi connectivity index (χ1n) is 3.65. The summed E-state index contributed by atoms with van der Waals surface area (Å²) in [5.41, 5.74) is 0. The van der Waals surface area contributed by atoms with Gasteiger partial charge in [0.25, 0.3) is 0 Å². The maximum Gasteiger partial charge on any atom is 0.117 e. The molecule has 0 aromatic rings. The second-order valence-corrected chi connectivity index (χ2v) is 4.14. The van der Waals surface area contributed by atoms with Gasteiger partial charge in [-0.2, -0.15) is 0 Å². The van der Waals surface area contributed by atoms with E-state index in [4.69, 9.17) is 0 Å². The lowest BCUT2D eigenvalue weighted by Gasteiger charge is -2.14. The fourth-order valence-corrected chi connectivity index (χ4v) is 1.35. The van der Waals surface area contributed by atoms with E-state index in [0.717, 1.165) is 18.8 Å². The van der Waals surface area contributed by atoms with Gasteiger partial charge in [-0.3, -0.25) is 0 Å². The minimum atomic E-state index is -0.631. The molecular weight excluding hydrogens is 146 g/mol. The second-order valence-electron chi connectivity index (χ2n) is 2.58. The van der Waals surface area contributed by atoms with Gasteiger partial charge in [0.15, 0.2) is 0 Å². The molecule has 0 heterocycles. The molecular formula is C7H17NOS. The van der Waals surface area contributed by atoms with Crippen molar-refractivity contribution in [2.75, 3.05) is 32.1 Å². The van der Waals surface area contributed by atoms with Gasteiger partial charge >= 0.3 is 0 Å². The molecule has 0 N–H and O–H groups in total. The highest BCUT2D eigenvalue weighted by Crippen LogP contribution is 1.89. The van der Waals surface area contributed by atoms with Gasteiger partial charge in [0, 0.05) is 6.54 Å². The zero-order valence-electron chi connectivity index (χ0n) is 7.09. The first kappa shape index (κ1) is 10.3. The van der Waals surface area contributed by atoms with Crippen LogP contribution in [-0.4, -0.2) is 41.6 Å². The summed E-state index contributed by atoms with van der Waals surface area (Å²) < 4.78 is 10.6. The van der Waals surface area contributed by atoms with Crippen LogP contribution in [0.4, 0.5) is 0 Å². The molecule has 0 saturated carbocycles. The highest BCUT2D eigenvalue weighted by atomic mass is 32.2. The molecule has 0 aromatic carbocycles. The molecule has 0 saturated heterocycles. The standard InChI is InChI=1S/C7H17NOS/c1-4-5-8(2)6-7-10(3)9/h4-7H2,1-3H3. The largest absolute Gasteiger partial charge is 0.617 e. The average Bonchev–Trinajstić information content (AvgIpc) is 1.85. The van der Waals surface area contributed by atoms with Crippen LogP contribution < -0.4 is 0 Å². The highest BCUT2D eigenvalue weighted by Gasteiger charge is 2.00. The predicted octanol–water partition coefficient (Wildman–Crippen LogP) is 0.707. The van der Waals surface area contributed by atoms with Gasteiger partial charge in [0.1, 0.15) is 5.75 Å². The van der Waals surface area contributed by atoms with Crippen molar-refractivity contribution in [3.8, 4) is 0 Å². The van der Waals surface area contributed by atoms with E-state index < -0.39 is 11.2 Å². The predicted molar refractivity (Wildman–Crippen MR) is 46.7 cm³/mol. The van der Waals surface area contributed by atoms with Crippen molar-refractivity contribution in [1.82, 2.24) is 4.90 Å². The SMILES string of the molecule is CCCN(C)CC[S+](C)[O-]. The van der Waals surface area contributed by atoms with E-state index >= 15 is 0 Å². The summed E-state index contributed by atoms with van der Waals surface area (Å²) in [6, 6.07) is 0. The Labute approximate surface area is 66.8 Å². The Morgan fingerprint density at radius 2 is 2.00 bits per heavy atom. The molecule has 1 unspecified atom stereocenters. The first-order chi connectivity index (χ1) is 4.66. The van der Waals surface area contributed by atoms with E-state index in [2.05, 4.69) is 18.9 Å². The van der Waals surface area contributed by atoms with Gasteiger partial charge in [0.2, 0.25) is 0 Å². The Balaban J connectivity index is 3.12. The lowest BCUT2D eigenvalue weighted by Crippen LogP contribution is -2.25. The van der Waals surface area contributed by atoms with Gasteiger partial charge in [-0.15, -0.1) is 0 Å². The third-order valence-electron chi connectivity index (χ3n) is 1.37. The summed E-state index contributed by atoms with van der Waals surface area (Å²) >= 11 is -0.631. The summed E-state index contributed by atoms with van der Waals surface area (Å²) in [7, 11) is 2.07. The molecule has 0 radical (unpaired) electrons. The maximum atomic E-state index is 10.6. The van der Waals surface area contributed by atoms with Crippen molar-refractivity contribution in [2.45, 2.75) is 13.3 Å². The van der Waals surface area contributed by atoms with Gasteiger partial charge in [-0.25, -0.2) is 0 Å². The van der Waals surface area contributed by atoms with Gasteiger partial charge in [0.05, 0.1) is 6.26 Å². The summed E-state index contributed by atoms with van der Waals surface area (Å²) in [4.78, 5) is 2.21. The molecule has 0 aromatic heterocycles. The number of hydrogen-bond acceptors (Lipinski definition) is 2. The van der Waals surface area contributed by atoms with Crippen LogP contribution in [0, 0.1) is 0 Å². The van der Waals surface area contributed by atoms with Gasteiger partial charge in [-0.05, 0) is 20.0 Å².